The summed E-state index contributed by atoms with van der Waals surface area (Å²) in [5.74, 6) is 0. The van der Waals surface area contributed by atoms with Crippen LogP contribution in [0.5, 0.6) is 0 Å². The normalized spacial score (nSPS) is 15.4. The van der Waals surface area contributed by atoms with E-state index in [1.807, 2.05) is 11.8 Å². The first-order chi connectivity index (χ1) is 32.3. The number of aryl methyl sites for hydroxylation is 1. The van der Waals surface area contributed by atoms with E-state index in [0.29, 0.717) is 0 Å². The molecule has 0 amide bonds. The molecule has 0 radical (unpaired) electrons. The van der Waals surface area contributed by atoms with Crippen LogP contribution >= 0.6 is 11.8 Å². The van der Waals surface area contributed by atoms with E-state index in [-0.39, 0.29) is 0 Å². The lowest BCUT2D eigenvalue weighted by Gasteiger charge is -2.36. The fraction of sp³-hybridized carbons (Fsp3) is 0.100. The average molecular weight is 855 g/mol. The maximum absolute atomic E-state index is 2.50. The zero-order chi connectivity index (χ0) is 42.8. The minimum atomic E-state index is 1.02. The van der Waals surface area contributed by atoms with Crippen molar-refractivity contribution in [3.05, 3.63) is 228 Å². The number of nitrogens with zero attached hydrogens (tertiary/aromatic N) is 4. The number of allylic oxidation sites excluding steroid dienone is 8. The molecule has 3 aliphatic carbocycles. The highest BCUT2D eigenvalue weighted by molar-refractivity contribution is 8.03. The molecule has 0 unspecified atom stereocenters. The van der Waals surface area contributed by atoms with E-state index in [0.717, 1.165) is 61.3 Å². The number of hydrogen-bond acceptors (Lipinski definition) is 3. The second-order valence-corrected chi connectivity index (χ2v) is 18.5. The quantitative estimate of drug-likeness (QED) is 0.159. The number of anilines is 5. The molecule has 3 heterocycles. The molecule has 0 saturated heterocycles. The highest BCUT2D eigenvalue weighted by Crippen LogP contribution is 2.50. The van der Waals surface area contributed by atoms with Gasteiger partial charge in [-0.15, -0.1) is 0 Å². The van der Waals surface area contributed by atoms with Gasteiger partial charge in [0.1, 0.15) is 0 Å². The van der Waals surface area contributed by atoms with Gasteiger partial charge < -0.3 is 18.9 Å². The van der Waals surface area contributed by atoms with Crippen LogP contribution in [0, 0.1) is 0 Å². The Morgan fingerprint density at radius 2 is 1.18 bits per heavy atom. The van der Waals surface area contributed by atoms with Gasteiger partial charge in [-0.2, -0.15) is 0 Å². The van der Waals surface area contributed by atoms with E-state index in [1.165, 1.54) is 87.7 Å². The third-order valence-electron chi connectivity index (χ3n) is 13.6. The highest BCUT2D eigenvalue weighted by atomic mass is 32.2. The lowest BCUT2D eigenvalue weighted by atomic mass is 9.99. The Hall–Kier alpha value is -7.47. The Morgan fingerprint density at radius 3 is 2.03 bits per heavy atom. The molecule has 0 fully saturated rings. The Morgan fingerprint density at radius 1 is 0.492 bits per heavy atom. The predicted molar refractivity (Wildman–Crippen MR) is 276 cm³/mol. The minimum absolute atomic E-state index is 1.02. The van der Waals surface area contributed by atoms with Gasteiger partial charge in [-0.3, -0.25) is 0 Å². The molecule has 0 N–H and O–H groups in total. The molecule has 312 valence electrons. The van der Waals surface area contributed by atoms with Gasteiger partial charge in [0.15, 0.2) is 0 Å². The number of para-hydroxylation sites is 3. The number of benzene rings is 7. The number of aromatic nitrogens is 2. The van der Waals surface area contributed by atoms with Crippen LogP contribution in [0.1, 0.15) is 48.9 Å². The van der Waals surface area contributed by atoms with Crippen LogP contribution in [0.2, 0.25) is 0 Å². The molecular formula is C60H46N4S. The van der Waals surface area contributed by atoms with Gasteiger partial charge in [-0.05, 0) is 152 Å². The fourth-order valence-electron chi connectivity index (χ4n) is 10.7. The Kier molecular flexibility index (Phi) is 9.16. The van der Waals surface area contributed by atoms with Crippen LogP contribution in [0.15, 0.2) is 216 Å². The van der Waals surface area contributed by atoms with Gasteiger partial charge in [0, 0.05) is 65.8 Å². The smallest absolute Gasteiger partial charge is 0.0598 e. The molecule has 65 heavy (non-hydrogen) atoms. The lowest BCUT2D eigenvalue weighted by Crippen LogP contribution is -2.22. The SMILES string of the molecule is C1=CC(c2ccc(N(c3ccc(-n4c5c(c6ccccc64)CCC=C5)cc3)c3cccc4c3c3ccccc3n4-c3cccc(N4C5=C(C=CCC5)Sc5ccccc54)c3)cc2)=CCC1. The summed E-state index contributed by atoms with van der Waals surface area (Å²) in [5.41, 5.74) is 18.4. The van der Waals surface area contributed by atoms with Crippen molar-refractivity contribution in [1.29, 1.82) is 0 Å². The molecule has 5 heteroatoms. The van der Waals surface area contributed by atoms with Crippen molar-refractivity contribution in [2.24, 2.45) is 0 Å². The molecule has 13 rings (SSSR count). The maximum Gasteiger partial charge on any atom is 0.0598 e. The van der Waals surface area contributed by atoms with Crippen molar-refractivity contribution in [2.75, 3.05) is 9.80 Å². The summed E-state index contributed by atoms with van der Waals surface area (Å²) < 4.78 is 4.92. The van der Waals surface area contributed by atoms with Crippen molar-refractivity contribution in [3.8, 4) is 11.4 Å². The summed E-state index contributed by atoms with van der Waals surface area (Å²) in [7, 11) is 0. The van der Waals surface area contributed by atoms with Gasteiger partial charge in [-0.1, -0.05) is 121 Å². The zero-order valence-corrected chi connectivity index (χ0v) is 36.9. The zero-order valence-electron chi connectivity index (χ0n) is 36.1. The summed E-state index contributed by atoms with van der Waals surface area (Å²) in [5, 5.41) is 3.79. The van der Waals surface area contributed by atoms with Gasteiger partial charge in [0.05, 0.1) is 27.9 Å². The predicted octanol–water partition coefficient (Wildman–Crippen LogP) is 16.7. The molecule has 4 aliphatic rings. The van der Waals surface area contributed by atoms with Crippen molar-refractivity contribution < 1.29 is 0 Å². The van der Waals surface area contributed by atoms with Crippen LogP contribution in [0.3, 0.4) is 0 Å². The largest absolute Gasteiger partial charge is 0.312 e. The Bertz CT molecular complexity index is 3520. The minimum Gasteiger partial charge on any atom is -0.312 e. The number of fused-ring (bicyclic) bond motifs is 7. The van der Waals surface area contributed by atoms with E-state index < -0.39 is 0 Å². The molecule has 9 aromatic rings. The van der Waals surface area contributed by atoms with Gasteiger partial charge in [0.25, 0.3) is 0 Å². The van der Waals surface area contributed by atoms with E-state index in [1.54, 1.807) is 0 Å². The number of thioether (sulfide) groups is 1. The molecule has 0 bridgehead atoms. The van der Waals surface area contributed by atoms with Crippen LogP contribution in [-0.4, -0.2) is 9.13 Å². The van der Waals surface area contributed by atoms with E-state index in [4.69, 9.17) is 0 Å². The maximum atomic E-state index is 2.50. The topological polar surface area (TPSA) is 16.3 Å². The van der Waals surface area contributed by atoms with Crippen molar-refractivity contribution >= 4 is 84.6 Å². The molecule has 0 atom stereocenters. The first-order valence-electron chi connectivity index (χ1n) is 23.0. The third kappa shape index (κ3) is 6.29. The Balaban J connectivity index is 0.982. The molecule has 0 saturated carbocycles. The highest BCUT2D eigenvalue weighted by Gasteiger charge is 2.28. The number of hydrogen-bond donors (Lipinski definition) is 0. The molecular weight excluding hydrogens is 809 g/mol. The standard InChI is InChI=1S/C60H46N4S/c1-2-16-41(17-3-1)42-32-34-43(35-33-42)61(44-36-38-45(39-37-44)62-51-23-7-4-20-48(51)49-21-5-8-24-52(49)62)56-28-15-29-57-60(56)50-22-6-9-25-53(50)63(57)46-18-14-19-47(40-46)64-54-26-10-12-30-58(54)65-59-31-13-11-27-55(59)64/h2,4,6-10,12-20,22-26,28-40H,1,3,5,11,21,27H2. The summed E-state index contributed by atoms with van der Waals surface area (Å²) in [6, 6.07) is 61.0. The van der Waals surface area contributed by atoms with Crippen LogP contribution < -0.4 is 9.80 Å². The molecule has 0 spiro atoms. The van der Waals surface area contributed by atoms with Gasteiger partial charge in [-0.25, -0.2) is 0 Å². The first-order valence-corrected chi connectivity index (χ1v) is 23.8. The van der Waals surface area contributed by atoms with E-state index in [9.17, 15) is 0 Å². The monoisotopic (exact) mass is 854 g/mol. The van der Waals surface area contributed by atoms with Gasteiger partial charge in [0.2, 0.25) is 0 Å². The van der Waals surface area contributed by atoms with E-state index in [2.05, 4.69) is 225 Å². The second-order valence-electron chi connectivity index (χ2n) is 17.4. The Labute approximate surface area is 384 Å². The lowest BCUT2D eigenvalue weighted by molar-refractivity contribution is 0.903. The molecule has 7 aromatic carbocycles. The summed E-state index contributed by atoms with van der Waals surface area (Å²) >= 11 is 1.89. The second kappa shape index (κ2) is 15.7. The molecule has 2 aromatic heterocycles. The first kappa shape index (κ1) is 38.0. The van der Waals surface area contributed by atoms with Crippen LogP contribution in [0.4, 0.5) is 28.4 Å². The van der Waals surface area contributed by atoms with Crippen LogP contribution in [-0.2, 0) is 6.42 Å². The summed E-state index contributed by atoms with van der Waals surface area (Å²) in [4.78, 5) is 7.60. The average Bonchev–Trinajstić information content (AvgIpc) is 3.90. The van der Waals surface area contributed by atoms with E-state index >= 15 is 0 Å². The number of rotatable bonds is 7. The van der Waals surface area contributed by atoms with Gasteiger partial charge >= 0.3 is 0 Å². The van der Waals surface area contributed by atoms with Crippen molar-refractivity contribution in [3.63, 3.8) is 0 Å². The van der Waals surface area contributed by atoms with Crippen molar-refractivity contribution in [2.45, 2.75) is 43.4 Å². The molecule has 1 aliphatic heterocycles. The molecule has 4 nitrogen and oxygen atoms in total. The summed E-state index contributed by atoms with van der Waals surface area (Å²) in [6.45, 7) is 0. The van der Waals surface area contributed by atoms with Crippen molar-refractivity contribution in [1.82, 2.24) is 9.13 Å². The summed E-state index contributed by atoms with van der Waals surface area (Å²) in [6.07, 6.45) is 22.6. The fourth-order valence-corrected chi connectivity index (χ4v) is 11.9. The third-order valence-corrected chi connectivity index (χ3v) is 14.8. The van der Waals surface area contributed by atoms with Crippen LogP contribution in [0.25, 0.3) is 55.7 Å².